The first-order valence-corrected chi connectivity index (χ1v) is 6.37. The van der Waals surface area contributed by atoms with Crippen LogP contribution >= 0.6 is 0 Å². The lowest BCUT2D eigenvalue weighted by Gasteiger charge is -2.29. The van der Waals surface area contributed by atoms with Crippen molar-refractivity contribution >= 4 is 5.91 Å². The standard InChI is InChI=1S/C15H16N2O4/c1-15(9-18,11-5-3-2-4-6-11)17-14(21)10-7-12(19)16-13(20)8-10/h2-8,18H,9H2,1H3,(H,17,21)(H2,16,19,20). The van der Waals surface area contributed by atoms with Crippen LogP contribution in [0, 0.1) is 0 Å². The highest BCUT2D eigenvalue weighted by Crippen LogP contribution is 2.20. The number of nitrogens with one attached hydrogen (secondary N) is 2. The van der Waals surface area contributed by atoms with Crippen LogP contribution in [0.15, 0.2) is 47.3 Å². The number of amides is 1. The summed E-state index contributed by atoms with van der Waals surface area (Å²) in [6, 6.07) is 11.2. The Labute approximate surface area is 121 Å². The zero-order valence-corrected chi connectivity index (χ0v) is 11.5. The Balaban J connectivity index is 2.30. The molecule has 0 aliphatic carbocycles. The molecule has 2 aromatic rings. The van der Waals surface area contributed by atoms with Gasteiger partial charge in [-0.3, -0.25) is 14.6 Å². The zero-order chi connectivity index (χ0) is 15.5. The number of aliphatic hydroxyl groups excluding tert-OH is 1. The van der Waals surface area contributed by atoms with Crippen molar-refractivity contribution in [1.82, 2.24) is 10.3 Å². The summed E-state index contributed by atoms with van der Waals surface area (Å²) < 4.78 is 0. The van der Waals surface area contributed by atoms with Crippen molar-refractivity contribution in [3.05, 3.63) is 63.9 Å². The fourth-order valence-corrected chi connectivity index (χ4v) is 1.99. The van der Waals surface area contributed by atoms with E-state index in [1.165, 1.54) is 0 Å². The van der Waals surface area contributed by atoms with Crippen molar-refractivity contribution in [3.8, 4) is 5.88 Å². The SMILES string of the molecule is CC(CO)(NC(=O)c1cc(O)[nH]c(=O)c1)c1ccccc1. The fourth-order valence-electron chi connectivity index (χ4n) is 1.99. The lowest BCUT2D eigenvalue weighted by Crippen LogP contribution is -2.46. The number of aliphatic hydroxyl groups is 1. The number of aromatic hydroxyl groups is 1. The highest BCUT2D eigenvalue weighted by molar-refractivity contribution is 5.94. The molecule has 0 saturated heterocycles. The molecule has 0 spiro atoms. The number of carbonyl (C=O) groups is 1. The molecule has 6 heteroatoms. The Morgan fingerprint density at radius 3 is 2.52 bits per heavy atom. The van der Waals surface area contributed by atoms with E-state index in [4.69, 9.17) is 0 Å². The van der Waals surface area contributed by atoms with Gasteiger partial charge in [0.1, 0.15) is 0 Å². The molecule has 4 N–H and O–H groups in total. The fraction of sp³-hybridized carbons (Fsp3) is 0.200. The van der Waals surface area contributed by atoms with Crippen molar-refractivity contribution in [2.24, 2.45) is 0 Å². The van der Waals surface area contributed by atoms with Crippen LogP contribution in [0.5, 0.6) is 5.88 Å². The van der Waals surface area contributed by atoms with Crippen molar-refractivity contribution in [2.45, 2.75) is 12.5 Å². The van der Waals surface area contributed by atoms with Crippen LogP contribution in [-0.4, -0.2) is 27.7 Å². The molecule has 0 radical (unpaired) electrons. The molecule has 21 heavy (non-hydrogen) atoms. The molecule has 2 rings (SSSR count). The monoisotopic (exact) mass is 288 g/mol. The van der Waals surface area contributed by atoms with Gasteiger partial charge in [0, 0.05) is 12.1 Å². The molecule has 0 aliphatic rings. The van der Waals surface area contributed by atoms with Gasteiger partial charge in [0.05, 0.1) is 17.7 Å². The van der Waals surface area contributed by atoms with E-state index in [1.807, 2.05) is 6.07 Å². The van der Waals surface area contributed by atoms with E-state index < -0.39 is 22.9 Å². The average Bonchev–Trinajstić information content (AvgIpc) is 2.47. The van der Waals surface area contributed by atoms with Gasteiger partial charge in [-0.05, 0) is 12.5 Å². The Bertz CT molecular complexity index is 696. The van der Waals surface area contributed by atoms with Crippen molar-refractivity contribution in [1.29, 1.82) is 0 Å². The lowest BCUT2D eigenvalue weighted by atomic mass is 9.92. The van der Waals surface area contributed by atoms with E-state index in [1.54, 1.807) is 31.2 Å². The van der Waals surface area contributed by atoms with Gasteiger partial charge in [-0.1, -0.05) is 30.3 Å². The predicted octanol–water partition coefficient (Wildman–Crippen LogP) is 0.718. The minimum atomic E-state index is -0.990. The van der Waals surface area contributed by atoms with Crippen LogP contribution in [0.25, 0.3) is 0 Å². The normalized spacial score (nSPS) is 13.4. The lowest BCUT2D eigenvalue weighted by molar-refractivity contribution is 0.0849. The summed E-state index contributed by atoms with van der Waals surface area (Å²) in [7, 11) is 0. The molecule has 1 heterocycles. The Hall–Kier alpha value is -2.60. The van der Waals surface area contributed by atoms with E-state index in [0.717, 1.165) is 17.7 Å². The van der Waals surface area contributed by atoms with Crippen LogP contribution in [0.3, 0.4) is 0 Å². The Morgan fingerprint density at radius 2 is 1.95 bits per heavy atom. The number of H-pyrrole nitrogens is 1. The molecule has 110 valence electrons. The van der Waals surface area contributed by atoms with Gasteiger partial charge in [-0.25, -0.2) is 0 Å². The molecule has 1 atom stereocenters. The zero-order valence-electron chi connectivity index (χ0n) is 11.5. The molecule has 1 aromatic carbocycles. The molecular weight excluding hydrogens is 272 g/mol. The molecule has 1 amide bonds. The average molecular weight is 288 g/mol. The molecule has 0 fully saturated rings. The summed E-state index contributed by atoms with van der Waals surface area (Å²) in [5, 5.41) is 21.6. The molecule has 0 aliphatic heterocycles. The second-order valence-electron chi connectivity index (χ2n) is 4.93. The second-order valence-corrected chi connectivity index (χ2v) is 4.93. The topological polar surface area (TPSA) is 102 Å². The summed E-state index contributed by atoms with van der Waals surface area (Å²) in [5.41, 5.74) is -0.816. The largest absolute Gasteiger partial charge is 0.494 e. The number of rotatable bonds is 4. The maximum absolute atomic E-state index is 12.2. The van der Waals surface area contributed by atoms with E-state index >= 15 is 0 Å². The summed E-state index contributed by atoms with van der Waals surface area (Å²) in [6.45, 7) is 1.37. The number of hydrogen-bond donors (Lipinski definition) is 4. The summed E-state index contributed by atoms with van der Waals surface area (Å²) >= 11 is 0. The third kappa shape index (κ3) is 3.29. The van der Waals surface area contributed by atoms with Gasteiger partial charge in [-0.15, -0.1) is 0 Å². The van der Waals surface area contributed by atoms with E-state index in [0.29, 0.717) is 0 Å². The van der Waals surface area contributed by atoms with Crippen molar-refractivity contribution < 1.29 is 15.0 Å². The second kappa shape index (κ2) is 5.80. The van der Waals surface area contributed by atoms with Gasteiger partial charge in [0.25, 0.3) is 11.5 Å². The van der Waals surface area contributed by atoms with Crippen molar-refractivity contribution in [2.75, 3.05) is 6.61 Å². The molecule has 1 aromatic heterocycles. The van der Waals surface area contributed by atoms with E-state index in [2.05, 4.69) is 10.3 Å². The number of carbonyl (C=O) groups excluding carboxylic acids is 1. The first-order chi connectivity index (χ1) is 9.94. The first kappa shape index (κ1) is 14.8. The van der Waals surface area contributed by atoms with Gasteiger partial charge in [0.15, 0.2) is 5.88 Å². The van der Waals surface area contributed by atoms with Gasteiger partial charge in [0.2, 0.25) is 0 Å². The van der Waals surface area contributed by atoms with Crippen LogP contribution in [-0.2, 0) is 5.54 Å². The maximum atomic E-state index is 12.2. The number of hydrogen-bond acceptors (Lipinski definition) is 4. The molecule has 0 saturated carbocycles. The van der Waals surface area contributed by atoms with E-state index in [9.17, 15) is 19.8 Å². The minimum Gasteiger partial charge on any atom is -0.494 e. The molecule has 6 nitrogen and oxygen atoms in total. The summed E-state index contributed by atoms with van der Waals surface area (Å²) in [5.74, 6) is -0.949. The highest BCUT2D eigenvalue weighted by atomic mass is 16.3. The molecule has 0 bridgehead atoms. The highest BCUT2D eigenvalue weighted by Gasteiger charge is 2.28. The number of benzene rings is 1. The number of aromatic amines is 1. The smallest absolute Gasteiger partial charge is 0.252 e. The van der Waals surface area contributed by atoms with Gasteiger partial charge >= 0.3 is 0 Å². The third-order valence-corrected chi connectivity index (χ3v) is 3.21. The summed E-state index contributed by atoms with van der Waals surface area (Å²) in [4.78, 5) is 25.6. The van der Waals surface area contributed by atoms with Crippen LogP contribution in [0.1, 0.15) is 22.8 Å². The van der Waals surface area contributed by atoms with Crippen LogP contribution in [0.2, 0.25) is 0 Å². The Kier molecular flexibility index (Phi) is 4.09. The van der Waals surface area contributed by atoms with Gasteiger partial charge < -0.3 is 15.5 Å². The van der Waals surface area contributed by atoms with Gasteiger partial charge in [-0.2, -0.15) is 0 Å². The Morgan fingerprint density at radius 1 is 1.29 bits per heavy atom. The number of pyridine rings is 1. The quantitative estimate of drug-likeness (QED) is 0.665. The first-order valence-electron chi connectivity index (χ1n) is 6.37. The third-order valence-electron chi connectivity index (χ3n) is 3.21. The minimum absolute atomic E-state index is 0.0202. The number of aromatic nitrogens is 1. The molecular formula is C15H16N2O4. The molecule has 1 unspecified atom stereocenters. The predicted molar refractivity (Wildman–Crippen MR) is 77.1 cm³/mol. The summed E-state index contributed by atoms with van der Waals surface area (Å²) in [6.07, 6.45) is 0. The maximum Gasteiger partial charge on any atom is 0.252 e. The van der Waals surface area contributed by atoms with Crippen LogP contribution in [0.4, 0.5) is 0 Å². The van der Waals surface area contributed by atoms with Crippen LogP contribution < -0.4 is 10.9 Å². The van der Waals surface area contributed by atoms with E-state index in [-0.39, 0.29) is 12.2 Å². The van der Waals surface area contributed by atoms with Crippen molar-refractivity contribution in [3.63, 3.8) is 0 Å².